The van der Waals surface area contributed by atoms with E-state index in [-0.39, 0.29) is 5.91 Å². The molecule has 0 unspecified atom stereocenters. The Hall–Kier alpha value is -2.86. The third-order valence-electron chi connectivity index (χ3n) is 3.30. The monoisotopic (exact) mass is 329 g/mol. The van der Waals surface area contributed by atoms with Gasteiger partial charge < -0.3 is 10.1 Å². The number of aromatic nitrogens is 2. The summed E-state index contributed by atoms with van der Waals surface area (Å²) in [6, 6.07) is 9.73. The highest BCUT2D eigenvalue weighted by molar-refractivity contribution is 6.34. The predicted octanol–water partition coefficient (Wildman–Crippen LogP) is 3.03. The normalized spacial score (nSPS) is 10.5. The number of methoxy groups -OCH3 is 1. The van der Waals surface area contributed by atoms with E-state index in [0.29, 0.717) is 27.6 Å². The van der Waals surface area contributed by atoms with Gasteiger partial charge in [0.2, 0.25) is 0 Å². The number of imidazole rings is 1. The first-order valence-electron chi connectivity index (χ1n) is 6.71. The molecule has 0 radical (unpaired) electrons. The van der Waals surface area contributed by atoms with Crippen LogP contribution in [0.15, 0.2) is 48.8 Å². The Kier molecular flexibility index (Phi) is 3.99. The van der Waals surface area contributed by atoms with Crippen molar-refractivity contribution in [3.8, 4) is 0 Å². The van der Waals surface area contributed by atoms with Crippen LogP contribution in [-0.4, -0.2) is 28.4 Å². The van der Waals surface area contributed by atoms with Crippen molar-refractivity contribution in [1.82, 2.24) is 9.38 Å². The molecule has 1 amide bonds. The average molecular weight is 330 g/mol. The lowest BCUT2D eigenvalue weighted by Crippen LogP contribution is -2.16. The largest absolute Gasteiger partial charge is 0.465 e. The number of nitrogens with one attached hydrogen (secondary N) is 1. The fourth-order valence-corrected chi connectivity index (χ4v) is 2.35. The highest BCUT2D eigenvalue weighted by Crippen LogP contribution is 2.24. The van der Waals surface area contributed by atoms with Crippen LogP contribution in [0.1, 0.15) is 20.8 Å². The Labute approximate surface area is 136 Å². The topological polar surface area (TPSA) is 72.7 Å². The lowest BCUT2D eigenvalue weighted by Gasteiger charge is -2.10. The lowest BCUT2D eigenvalue weighted by molar-refractivity contribution is 0.0600. The minimum Gasteiger partial charge on any atom is -0.465 e. The maximum Gasteiger partial charge on any atom is 0.337 e. The summed E-state index contributed by atoms with van der Waals surface area (Å²) in [5.74, 6) is -0.869. The number of benzene rings is 1. The summed E-state index contributed by atoms with van der Waals surface area (Å²) in [6.07, 6.45) is 3.30. The second kappa shape index (κ2) is 6.10. The van der Waals surface area contributed by atoms with E-state index in [1.807, 2.05) is 0 Å². The highest BCUT2D eigenvalue weighted by Gasteiger charge is 2.14. The molecule has 1 aromatic carbocycles. The van der Waals surface area contributed by atoms with E-state index in [0.717, 1.165) is 0 Å². The highest BCUT2D eigenvalue weighted by atomic mass is 35.5. The molecule has 116 valence electrons. The Balaban J connectivity index is 1.94. The van der Waals surface area contributed by atoms with Gasteiger partial charge in [0.25, 0.3) is 5.91 Å². The number of carbonyl (C=O) groups excluding carboxylic acids is 2. The number of ether oxygens (including phenoxy) is 1. The molecule has 1 N–H and O–H groups in total. The van der Waals surface area contributed by atoms with Crippen molar-refractivity contribution >= 4 is 34.8 Å². The molecule has 0 aliphatic rings. The third-order valence-corrected chi connectivity index (χ3v) is 3.63. The summed E-state index contributed by atoms with van der Waals surface area (Å²) in [5.41, 5.74) is 1.69. The third kappa shape index (κ3) is 2.89. The van der Waals surface area contributed by atoms with Crippen molar-refractivity contribution in [3.63, 3.8) is 0 Å². The zero-order valence-electron chi connectivity index (χ0n) is 12.1. The van der Waals surface area contributed by atoms with E-state index in [4.69, 9.17) is 11.6 Å². The molecule has 0 fully saturated rings. The number of hydrogen-bond donors (Lipinski definition) is 1. The molecule has 0 atom stereocenters. The number of pyridine rings is 1. The number of amides is 1. The van der Waals surface area contributed by atoms with E-state index in [9.17, 15) is 9.59 Å². The molecule has 3 rings (SSSR count). The van der Waals surface area contributed by atoms with Crippen LogP contribution < -0.4 is 5.32 Å². The molecule has 23 heavy (non-hydrogen) atoms. The number of halogens is 1. The van der Waals surface area contributed by atoms with Gasteiger partial charge in [0.05, 0.1) is 23.4 Å². The second-order valence-corrected chi connectivity index (χ2v) is 5.11. The van der Waals surface area contributed by atoms with Crippen molar-refractivity contribution in [3.05, 3.63) is 65.1 Å². The molecular weight excluding hydrogens is 318 g/mol. The van der Waals surface area contributed by atoms with Crippen LogP contribution in [0, 0.1) is 0 Å². The molecule has 0 spiro atoms. The number of rotatable bonds is 3. The Morgan fingerprint density at radius 2 is 2.09 bits per heavy atom. The van der Waals surface area contributed by atoms with Gasteiger partial charge >= 0.3 is 5.97 Å². The molecule has 0 bridgehead atoms. The zero-order valence-corrected chi connectivity index (χ0v) is 12.9. The molecule has 0 saturated carbocycles. The van der Waals surface area contributed by atoms with Crippen LogP contribution in [0.25, 0.3) is 5.65 Å². The van der Waals surface area contributed by atoms with Gasteiger partial charge in [-0.15, -0.1) is 0 Å². The summed E-state index contributed by atoms with van der Waals surface area (Å²) in [4.78, 5) is 28.2. The molecule has 7 heteroatoms. The Morgan fingerprint density at radius 3 is 2.87 bits per heavy atom. The van der Waals surface area contributed by atoms with E-state index in [1.54, 1.807) is 35.0 Å². The maximum atomic E-state index is 12.5. The van der Waals surface area contributed by atoms with E-state index >= 15 is 0 Å². The molecule has 6 nitrogen and oxygen atoms in total. The number of nitrogens with zero attached hydrogens (tertiary/aromatic N) is 2. The zero-order chi connectivity index (χ0) is 16.4. The summed E-state index contributed by atoms with van der Waals surface area (Å²) in [7, 11) is 1.29. The van der Waals surface area contributed by atoms with Crippen LogP contribution in [0.2, 0.25) is 5.02 Å². The molecule has 2 heterocycles. The van der Waals surface area contributed by atoms with Crippen molar-refractivity contribution < 1.29 is 14.3 Å². The summed E-state index contributed by atoms with van der Waals surface area (Å²) < 4.78 is 6.32. The van der Waals surface area contributed by atoms with E-state index < -0.39 is 5.97 Å². The minimum absolute atomic E-state index is 0.299. The molecule has 3 aromatic rings. The molecule has 0 aliphatic carbocycles. The van der Waals surface area contributed by atoms with Crippen LogP contribution in [0.3, 0.4) is 0 Å². The van der Waals surface area contributed by atoms with Gasteiger partial charge in [-0.25, -0.2) is 9.78 Å². The van der Waals surface area contributed by atoms with Crippen LogP contribution in [0.4, 0.5) is 5.69 Å². The number of esters is 1. The molecular formula is C16H12ClN3O3. The van der Waals surface area contributed by atoms with Crippen LogP contribution >= 0.6 is 11.6 Å². The molecule has 0 saturated heterocycles. The SMILES string of the molecule is COC(=O)c1ccc(Cl)c(NC(=O)c2cccc3nccn23)c1. The summed E-state index contributed by atoms with van der Waals surface area (Å²) >= 11 is 6.09. The fourth-order valence-electron chi connectivity index (χ4n) is 2.18. The first kappa shape index (κ1) is 15.1. The Morgan fingerprint density at radius 1 is 1.26 bits per heavy atom. The van der Waals surface area contributed by atoms with Crippen molar-refractivity contribution in [2.45, 2.75) is 0 Å². The first-order valence-corrected chi connectivity index (χ1v) is 7.09. The van der Waals surface area contributed by atoms with Crippen LogP contribution in [0.5, 0.6) is 0 Å². The fraction of sp³-hybridized carbons (Fsp3) is 0.0625. The number of carbonyl (C=O) groups is 2. The van der Waals surface area contributed by atoms with Crippen molar-refractivity contribution in [2.75, 3.05) is 12.4 Å². The van der Waals surface area contributed by atoms with Crippen molar-refractivity contribution in [2.24, 2.45) is 0 Å². The van der Waals surface area contributed by atoms with E-state index in [2.05, 4.69) is 15.0 Å². The lowest BCUT2D eigenvalue weighted by atomic mass is 10.2. The molecule has 2 aromatic heterocycles. The van der Waals surface area contributed by atoms with Gasteiger partial charge in [0.1, 0.15) is 11.3 Å². The van der Waals surface area contributed by atoms with Gasteiger partial charge in [-0.1, -0.05) is 17.7 Å². The summed E-state index contributed by atoms with van der Waals surface area (Å²) in [5, 5.41) is 3.02. The smallest absolute Gasteiger partial charge is 0.337 e. The van der Waals surface area contributed by atoms with E-state index in [1.165, 1.54) is 25.3 Å². The Bertz CT molecular complexity index is 904. The predicted molar refractivity (Wildman–Crippen MR) is 85.9 cm³/mol. The van der Waals surface area contributed by atoms with Gasteiger partial charge in [0.15, 0.2) is 0 Å². The standard InChI is InChI=1S/C16H12ClN3O3/c1-23-16(22)10-5-6-11(17)12(9-10)19-15(21)13-3-2-4-14-18-7-8-20(13)14/h2-9H,1H3,(H,19,21). The van der Waals surface area contributed by atoms with Gasteiger partial charge in [0, 0.05) is 12.4 Å². The summed E-state index contributed by atoms with van der Waals surface area (Å²) in [6.45, 7) is 0. The number of fused-ring (bicyclic) bond motifs is 1. The van der Waals surface area contributed by atoms with Gasteiger partial charge in [-0.3, -0.25) is 9.20 Å². The first-order chi connectivity index (χ1) is 11.1. The number of hydrogen-bond acceptors (Lipinski definition) is 4. The second-order valence-electron chi connectivity index (χ2n) is 4.71. The van der Waals surface area contributed by atoms with Crippen molar-refractivity contribution in [1.29, 1.82) is 0 Å². The van der Waals surface area contributed by atoms with Gasteiger partial charge in [-0.05, 0) is 30.3 Å². The molecule has 0 aliphatic heterocycles. The minimum atomic E-state index is -0.506. The average Bonchev–Trinajstić information content (AvgIpc) is 3.04. The quantitative estimate of drug-likeness (QED) is 0.750. The maximum absolute atomic E-state index is 12.5. The van der Waals surface area contributed by atoms with Gasteiger partial charge in [-0.2, -0.15) is 0 Å². The van der Waals surface area contributed by atoms with Crippen LogP contribution in [-0.2, 0) is 4.74 Å². The number of anilines is 1.